The Morgan fingerprint density at radius 3 is 2.55 bits per heavy atom. The number of hydrogen-bond acceptors (Lipinski definition) is 5. The Labute approximate surface area is 185 Å². The van der Waals surface area contributed by atoms with Gasteiger partial charge in [-0.3, -0.25) is 14.5 Å². The van der Waals surface area contributed by atoms with E-state index in [1.807, 2.05) is 34.6 Å². The van der Waals surface area contributed by atoms with E-state index >= 15 is 0 Å². The summed E-state index contributed by atoms with van der Waals surface area (Å²) in [5.41, 5.74) is -2.78. The molecule has 3 rings (SSSR count). The Morgan fingerprint density at radius 2 is 1.94 bits per heavy atom. The minimum atomic E-state index is -0.875. The van der Waals surface area contributed by atoms with Gasteiger partial charge in [0.2, 0.25) is 0 Å². The van der Waals surface area contributed by atoms with Crippen molar-refractivity contribution < 1.29 is 29.0 Å². The Balaban J connectivity index is 1.87. The van der Waals surface area contributed by atoms with Crippen LogP contribution in [0.4, 0.5) is 4.79 Å². The van der Waals surface area contributed by atoms with Gasteiger partial charge in [-0.05, 0) is 70.6 Å². The number of carboxylic acid groups (broad SMARTS) is 1. The van der Waals surface area contributed by atoms with E-state index in [0.29, 0.717) is 44.6 Å². The Morgan fingerprint density at radius 1 is 1.26 bits per heavy atom. The van der Waals surface area contributed by atoms with E-state index in [1.165, 1.54) is 0 Å². The van der Waals surface area contributed by atoms with Crippen molar-refractivity contribution >= 4 is 17.8 Å². The third-order valence-corrected chi connectivity index (χ3v) is 7.85. The van der Waals surface area contributed by atoms with Crippen molar-refractivity contribution in [2.75, 3.05) is 6.54 Å². The van der Waals surface area contributed by atoms with Crippen LogP contribution in [0.15, 0.2) is 0 Å². The van der Waals surface area contributed by atoms with Crippen LogP contribution in [0.25, 0.3) is 0 Å². The summed E-state index contributed by atoms with van der Waals surface area (Å²) in [4.78, 5) is 39.5. The molecule has 0 radical (unpaired) electrons. The molecule has 2 saturated heterocycles. The molecule has 5 atom stereocenters. The standard InChI is InChI=1S/C24H39NO6/c1-16-12-17-15-25(20(29)31-21(2,3)4)24(13-16,30-17)11-10-23(6)18(26)8-7-9-22(23,5)14-19(27)28/h16-17H,7-15H2,1-6H3,(H,27,28)/t16-,17+,22+,23+,24-/m0/s1. The summed E-state index contributed by atoms with van der Waals surface area (Å²) in [6.45, 7) is 12.1. The lowest BCUT2D eigenvalue weighted by molar-refractivity contribution is -0.163. The summed E-state index contributed by atoms with van der Waals surface area (Å²) in [6, 6.07) is 0. The van der Waals surface area contributed by atoms with Crippen LogP contribution in [0.2, 0.25) is 0 Å². The molecule has 7 nitrogen and oxygen atoms in total. The monoisotopic (exact) mass is 437 g/mol. The number of carbonyl (C=O) groups is 3. The minimum Gasteiger partial charge on any atom is -0.481 e. The van der Waals surface area contributed by atoms with E-state index in [-0.39, 0.29) is 24.4 Å². The first-order valence-corrected chi connectivity index (χ1v) is 11.6. The highest BCUT2D eigenvalue weighted by Crippen LogP contribution is 2.55. The van der Waals surface area contributed by atoms with Gasteiger partial charge in [0.15, 0.2) is 0 Å². The van der Waals surface area contributed by atoms with E-state index in [9.17, 15) is 19.5 Å². The van der Waals surface area contributed by atoms with E-state index < -0.39 is 28.1 Å². The molecule has 0 aromatic carbocycles. The van der Waals surface area contributed by atoms with Gasteiger partial charge in [0.1, 0.15) is 17.1 Å². The maximum absolute atomic E-state index is 13.1. The van der Waals surface area contributed by atoms with Gasteiger partial charge in [0, 0.05) is 11.8 Å². The molecule has 0 aromatic heterocycles. The van der Waals surface area contributed by atoms with Crippen LogP contribution in [0.3, 0.4) is 0 Å². The first-order chi connectivity index (χ1) is 14.2. The first-order valence-electron chi connectivity index (χ1n) is 11.6. The first kappa shape index (κ1) is 24.0. The maximum atomic E-state index is 13.1. The minimum absolute atomic E-state index is 0.0299. The molecule has 0 unspecified atom stereocenters. The fourth-order valence-electron chi connectivity index (χ4n) is 6.02. The van der Waals surface area contributed by atoms with Crippen LogP contribution in [0.5, 0.6) is 0 Å². The molecule has 3 aliphatic rings. The fourth-order valence-corrected chi connectivity index (χ4v) is 6.02. The zero-order valence-electron chi connectivity index (χ0n) is 20.0. The number of amides is 1. The lowest BCUT2D eigenvalue weighted by Crippen LogP contribution is -2.54. The summed E-state index contributed by atoms with van der Waals surface area (Å²) in [6.07, 6.45) is 4.07. The lowest BCUT2D eigenvalue weighted by atomic mass is 9.53. The molecule has 2 aliphatic heterocycles. The fraction of sp³-hybridized carbons (Fsp3) is 0.875. The number of Topliss-reactive ketones (excluding diaryl/α,β-unsaturated/α-hetero) is 1. The van der Waals surface area contributed by atoms with Gasteiger partial charge in [-0.1, -0.05) is 20.8 Å². The zero-order chi connectivity index (χ0) is 23.2. The normalized spacial score (nSPS) is 38.3. The molecule has 3 fully saturated rings. The molecular formula is C24H39NO6. The zero-order valence-corrected chi connectivity index (χ0v) is 20.0. The maximum Gasteiger partial charge on any atom is 0.412 e. The molecule has 1 N–H and O–H groups in total. The van der Waals surface area contributed by atoms with Crippen LogP contribution >= 0.6 is 0 Å². The molecule has 0 aromatic rings. The number of aliphatic carboxylic acids is 1. The lowest BCUT2D eigenvalue weighted by Gasteiger charge is -2.50. The van der Waals surface area contributed by atoms with Crippen molar-refractivity contribution in [2.24, 2.45) is 16.7 Å². The molecule has 1 aliphatic carbocycles. The molecule has 31 heavy (non-hydrogen) atoms. The van der Waals surface area contributed by atoms with Crippen molar-refractivity contribution in [1.29, 1.82) is 0 Å². The second-order valence-corrected chi connectivity index (χ2v) is 11.6. The predicted octanol–water partition coefficient (Wildman–Crippen LogP) is 4.77. The number of rotatable bonds is 5. The number of likely N-dealkylation sites (tertiary alicyclic amines) is 1. The number of nitrogens with zero attached hydrogens (tertiary/aromatic N) is 1. The number of ether oxygens (including phenoxy) is 2. The quantitative estimate of drug-likeness (QED) is 0.666. The summed E-state index contributed by atoms with van der Waals surface area (Å²) in [5.74, 6) is -0.354. The van der Waals surface area contributed by atoms with Crippen LogP contribution in [-0.4, -0.2) is 51.8 Å². The van der Waals surface area contributed by atoms with Gasteiger partial charge in [-0.15, -0.1) is 0 Å². The molecule has 0 spiro atoms. The highest BCUT2D eigenvalue weighted by Gasteiger charge is 2.58. The van der Waals surface area contributed by atoms with E-state index in [0.717, 1.165) is 12.8 Å². The summed E-state index contributed by atoms with van der Waals surface area (Å²) >= 11 is 0. The SMILES string of the molecule is C[C@H]1C[C@@H]2CN(C(=O)OC(C)(C)C)[C@](CC[C@]3(C)C(=O)CCC[C@]3(C)CC(=O)O)(C1)O2. The number of carboxylic acids is 1. The average Bonchev–Trinajstić information content (AvgIpc) is 2.87. The topological polar surface area (TPSA) is 93.1 Å². The number of ketones is 1. The molecule has 2 heterocycles. The third kappa shape index (κ3) is 4.62. The van der Waals surface area contributed by atoms with Gasteiger partial charge in [-0.25, -0.2) is 4.79 Å². The number of carbonyl (C=O) groups excluding carboxylic acids is 2. The highest BCUT2D eigenvalue weighted by molar-refractivity contribution is 5.87. The molecule has 1 saturated carbocycles. The number of hydrogen-bond donors (Lipinski definition) is 1. The molecule has 1 amide bonds. The summed E-state index contributed by atoms with van der Waals surface area (Å²) in [5, 5.41) is 9.52. The smallest absolute Gasteiger partial charge is 0.412 e. The Kier molecular flexibility index (Phi) is 6.24. The Bertz CT molecular complexity index is 745. The van der Waals surface area contributed by atoms with Crippen molar-refractivity contribution in [3.63, 3.8) is 0 Å². The van der Waals surface area contributed by atoms with Gasteiger partial charge >= 0.3 is 12.1 Å². The second-order valence-electron chi connectivity index (χ2n) is 11.6. The van der Waals surface area contributed by atoms with Gasteiger partial charge < -0.3 is 14.6 Å². The van der Waals surface area contributed by atoms with Crippen LogP contribution in [0, 0.1) is 16.7 Å². The third-order valence-electron chi connectivity index (χ3n) is 7.85. The second kappa shape index (κ2) is 8.05. The summed E-state index contributed by atoms with van der Waals surface area (Å²) < 4.78 is 12.1. The summed E-state index contributed by atoms with van der Waals surface area (Å²) in [7, 11) is 0. The van der Waals surface area contributed by atoms with E-state index in [4.69, 9.17) is 9.47 Å². The predicted molar refractivity (Wildman–Crippen MR) is 116 cm³/mol. The Hall–Kier alpha value is -1.63. The highest BCUT2D eigenvalue weighted by atomic mass is 16.6. The van der Waals surface area contributed by atoms with Crippen molar-refractivity contribution in [2.45, 2.75) is 110 Å². The van der Waals surface area contributed by atoms with Crippen molar-refractivity contribution in [3.05, 3.63) is 0 Å². The van der Waals surface area contributed by atoms with E-state index in [1.54, 1.807) is 4.90 Å². The molecule has 7 heteroatoms. The largest absolute Gasteiger partial charge is 0.481 e. The molecule has 2 bridgehead atoms. The van der Waals surface area contributed by atoms with Crippen molar-refractivity contribution in [3.8, 4) is 0 Å². The molecular weight excluding hydrogens is 398 g/mol. The van der Waals surface area contributed by atoms with Crippen LogP contribution < -0.4 is 0 Å². The van der Waals surface area contributed by atoms with Crippen LogP contribution in [-0.2, 0) is 19.1 Å². The molecule has 176 valence electrons. The van der Waals surface area contributed by atoms with Crippen molar-refractivity contribution in [1.82, 2.24) is 4.90 Å². The van der Waals surface area contributed by atoms with Gasteiger partial charge in [0.25, 0.3) is 0 Å². The van der Waals surface area contributed by atoms with E-state index in [2.05, 4.69) is 6.92 Å². The van der Waals surface area contributed by atoms with Gasteiger partial charge in [-0.2, -0.15) is 0 Å². The van der Waals surface area contributed by atoms with Gasteiger partial charge in [0.05, 0.1) is 19.1 Å². The number of fused-ring (bicyclic) bond motifs is 2. The average molecular weight is 438 g/mol. The van der Waals surface area contributed by atoms with Crippen LogP contribution in [0.1, 0.15) is 92.9 Å².